The van der Waals surface area contributed by atoms with Gasteiger partial charge in [0, 0.05) is 15.6 Å². The zero-order valence-electron chi connectivity index (χ0n) is 13.5. The molecule has 3 rings (SSSR count). The van der Waals surface area contributed by atoms with Crippen molar-refractivity contribution in [1.29, 1.82) is 0 Å². The minimum atomic E-state index is -0.840. The summed E-state index contributed by atoms with van der Waals surface area (Å²) in [6.45, 7) is 0. The highest BCUT2D eigenvalue weighted by molar-refractivity contribution is 6.41. The van der Waals surface area contributed by atoms with Gasteiger partial charge < -0.3 is 4.74 Å². The molecule has 0 aromatic heterocycles. The van der Waals surface area contributed by atoms with Crippen molar-refractivity contribution in [1.82, 2.24) is 5.32 Å². The Morgan fingerprint density at radius 1 is 1.00 bits per heavy atom. The average Bonchev–Trinajstić information content (AvgIpc) is 2.61. The number of methoxy groups -OCH3 is 1. The molecule has 0 bridgehead atoms. The lowest BCUT2D eigenvalue weighted by Gasteiger charge is -2.26. The van der Waals surface area contributed by atoms with Gasteiger partial charge in [-0.05, 0) is 42.5 Å². The van der Waals surface area contributed by atoms with Crippen molar-refractivity contribution in [3.05, 3.63) is 63.6 Å². The van der Waals surface area contributed by atoms with Crippen LogP contribution in [0.4, 0.5) is 10.5 Å². The quantitative estimate of drug-likeness (QED) is 0.640. The van der Waals surface area contributed by atoms with Gasteiger partial charge in [0.15, 0.2) is 0 Å². The van der Waals surface area contributed by atoms with Gasteiger partial charge in [-0.15, -0.1) is 0 Å². The molecule has 0 spiro atoms. The maximum atomic E-state index is 12.8. The topological polar surface area (TPSA) is 75.7 Å². The van der Waals surface area contributed by atoms with E-state index in [4.69, 9.17) is 27.9 Å². The Bertz CT molecular complexity index is 918. The van der Waals surface area contributed by atoms with E-state index < -0.39 is 17.8 Å². The van der Waals surface area contributed by atoms with Crippen LogP contribution >= 0.6 is 23.2 Å². The molecule has 0 aliphatic carbocycles. The van der Waals surface area contributed by atoms with Gasteiger partial charge in [-0.3, -0.25) is 14.9 Å². The zero-order chi connectivity index (χ0) is 18.8. The Kier molecular flexibility index (Phi) is 4.97. The Morgan fingerprint density at radius 2 is 1.62 bits per heavy atom. The van der Waals surface area contributed by atoms with E-state index >= 15 is 0 Å². The van der Waals surface area contributed by atoms with Gasteiger partial charge in [-0.25, -0.2) is 9.69 Å². The molecule has 1 heterocycles. The molecule has 1 fully saturated rings. The molecule has 132 valence electrons. The fraction of sp³-hybridized carbons (Fsp3) is 0.0556. The van der Waals surface area contributed by atoms with Crippen LogP contribution in [0.2, 0.25) is 10.0 Å². The lowest BCUT2D eigenvalue weighted by molar-refractivity contribution is -0.122. The second-order valence-electron chi connectivity index (χ2n) is 5.29. The van der Waals surface area contributed by atoms with E-state index in [1.54, 1.807) is 30.3 Å². The van der Waals surface area contributed by atoms with Crippen molar-refractivity contribution in [2.24, 2.45) is 0 Å². The Labute approximate surface area is 158 Å². The number of hydrogen-bond acceptors (Lipinski definition) is 4. The van der Waals surface area contributed by atoms with Gasteiger partial charge in [0.1, 0.15) is 11.3 Å². The molecule has 1 N–H and O–H groups in total. The second kappa shape index (κ2) is 7.19. The predicted molar refractivity (Wildman–Crippen MR) is 98.5 cm³/mol. The number of carbonyl (C=O) groups is 3. The Balaban J connectivity index is 2.04. The molecular formula is C18H12Cl2N2O4. The Morgan fingerprint density at radius 3 is 2.19 bits per heavy atom. The molecule has 2 aromatic carbocycles. The maximum Gasteiger partial charge on any atom is 0.335 e. The number of halogens is 2. The van der Waals surface area contributed by atoms with Crippen LogP contribution in [0.25, 0.3) is 6.08 Å². The number of amides is 4. The number of rotatable bonds is 3. The summed E-state index contributed by atoms with van der Waals surface area (Å²) in [6.07, 6.45) is 1.27. The van der Waals surface area contributed by atoms with Gasteiger partial charge in [0.05, 0.1) is 12.8 Å². The average molecular weight is 391 g/mol. The van der Waals surface area contributed by atoms with Gasteiger partial charge in [0.2, 0.25) is 0 Å². The van der Waals surface area contributed by atoms with Crippen molar-refractivity contribution in [2.75, 3.05) is 12.0 Å². The standard InChI is InChI=1S/C18H12Cl2N2O4/c1-26-11-7-5-10(6-8-11)22-17(24)13(16(23)21-18(22)25)9-12-14(19)3-2-4-15(12)20/h2-9H,1H3,(H,21,23,25)/b13-9+. The van der Waals surface area contributed by atoms with E-state index in [0.29, 0.717) is 11.3 Å². The molecule has 6 nitrogen and oxygen atoms in total. The minimum absolute atomic E-state index is 0.254. The summed E-state index contributed by atoms with van der Waals surface area (Å²) in [6, 6.07) is 10.2. The lowest BCUT2D eigenvalue weighted by atomic mass is 10.1. The number of nitrogens with zero attached hydrogens (tertiary/aromatic N) is 1. The number of imide groups is 2. The summed E-state index contributed by atoms with van der Waals surface area (Å²) in [5.41, 5.74) is 0.353. The molecule has 0 saturated carbocycles. The molecular weight excluding hydrogens is 379 g/mol. The number of hydrogen-bond donors (Lipinski definition) is 1. The van der Waals surface area contributed by atoms with Crippen LogP contribution in [0.15, 0.2) is 48.0 Å². The first-order chi connectivity index (χ1) is 12.4. The molecule has 0 unspecified atom stereocenters. The van der Waals surface area contributed by atoms with Crippen molar-refractivity contribution in [3.63, 3.8) is 0 Å². The number of carbonyl (C=O) groups excluding carboxylic acids is 3. The van der Waals surface area contributed by atoms with E-state index in [-0.39, 0.29) is 21.3 Å². The summed E-state index contributed by atoms with van der Waals surface area (Å²) in [7, 11) is 1.50. The summed E-state index contributed by atoms with van der Waals surface area (Å²) in [4.78, 5) is 38.0. The molecule has 1 saturated heterocycles. The number of urea groups is 1. The van der Waals surface area contributed by atoms with E-state index in [0.717, 1.165) is 4.90 Å². The predicted octanol–water partition coefficient (Wildman–Crippen LogP) is 3.67. The van der Waals surface area contributed by atoms with Crippen LogP contribution < -0.4 is 15.0 Å². The fourth-order valence-corrected chi connectivity index (χ4v) is 2.92. The molecule has 8 heteroatoms. The van der Waals surface area contributed by atoms with Crippen molar-refractivity contribution in [2.45, 2.75) is 0 Å². The molecule has 26 heavy (non-hydrogen) atoms. The maximum absolute atomic E-state index is 12.8. The molecule has 4 amide bonds. The van der Waals surface area contributed by atoms with Crippen LogP contribution in [-0.2, 0) is 9.59 Å². The zero-order valence-corrected chi connectivity index (χ0v) is 15.0. The Hall–Kier alpha value is -2.83. The first kappa shape index (κ1) is 18.0. The largest absolute Gasteiger partial charge is 0.497 e. The third-order valence-corrected chi connectivity index (χ3v) is 4.38. The SMILES string of the molecule is COc1ccc(N2C(=O)NC(=O)/C(=C\c3c(Cl)cccc3Cl)C2=O)cc1. The minimum Gasteiger partial charge on any atom is -0.497 e. The summed E-state index contributed by atoms with van der Waals surface area (Å²) < 4.78 is 5.05. The van der Waals surface area contributed by atoms with Crippen molar-refractivity contribution >= 4 is 52.8 Å². The van der Waals surface area contributed by atoms with Crippen LogP contribution in [0.5, 0.6) is 5.75 Å². The van der Waals surface area contributed by atoms with Gasteiger partial charge in [0.25, 0.3) is 11.8 Å². The number of benzene rings is 2. The van der Waals surface area contributed by atoms with E-state index in [2.05, 4.69) is 5.32 Å². The van der Waals surface area contributed by atoms with Gasteiger partial charge in [-0.1, -0.05) is 29.3 Å². The number of nitrogens with one attached hydrogen (secondary N) is 1. The summed E-state index contributed by atoms with van der Waals surface area (Å²) in [5, 5.41) is 2.69. The number of ether oxygens (including phenoxy) is 1. The van der Waals surface area contributed by atoms with E-state index in [1.807, 2.05) is 0 Å². The third kappa shape index (κ3) is 3.29. The highest BCUT2D eigenvalue weighted by Crippen LogP contribution is 2.29. The number of barbiturate groups is 1. The van der Waals surface area contributed by atoms with E-state index in [1.165, 1.54) is 25.3 Å². The van der Waals surface area contributed by atoms with Crippen molar-refractivity contribution < 1.29 is 19.1 Å². The highest BCUT2D eigenvalue weighted by Gasteiger charge is 2.37. The number of anilines is 1. The van der Waals surface area contributed by atoms with Crippen LogP contribution in [-0.4, -0.2) is 25.0 Å². The summed E-state index contributed by atoms with van der Waals surface area (Å²) >= 11 is 12.2. The van der Waals surface area contributed by atoms with Crippen LogP contribution in [0.3, 0.4) is 0 Å². The third-order valence-electron chi connectivity index (χ3n) is 3.72. The molecule has 1 aliphatic rings. The van der Waals surface area contributed by atoms with E-state index in [9.17, 15) is 14.4 Å². The molecule has 0 radical (unpaired) electrons. The first-order valence-corrected chi connectivity index (χ1v) is 8.17. The van der Waals surface area contributed by atoms with Crippen molar-refractivity contribution in [3.8, 4) is 5.75 Å². The van der Waals surface area contributed by atoms with Gasteiger partial charge in [-0.2, -0.15) is 0 Å². The first-order valence-electron chi connectivity index (χ1n) is 7.42. The highest BCUT2D eigenvalue weighted by atomic mass is 35.5. The second-order valence-corrected chi connectivity index (χ2v) is 6.11. The molecule has 2 aromatic rings. The van der Waals surface area contributed by atoms with Crippen LogP contribution in [0.1, 0.15) is 5.56 Å². The van der Waals surface area contributed by atoms with Crippen LogP contribution in [0, 0.1) is 0 Å². The molecule has 0 atom stereocenters. The summed E-state index contributed by atoms with van der Waals surface area (Å²) in [5.74, 6) is -1.03. The van der Waals surface area contributed by atoms with Gasteiger partial charge >= 0.3 is 6.03 Å². The lowest BCUT2D eigenvalue weighted by Crippen LogP contribution is -2.54. The smallest absolute Gasteiger partial charge is 0.335 e. The normalized spacial score (nSPS) is 16.0. The fourth-order valence-electron chi connectivity index (χ4n) is 2.42. The molecule has 1 aliphatic heterocycles. The monoisotopic (exact) mass is 390 g/mol.